The standard InChI is InChI=1S/C44H60N4O5.C34H33F7N2O3/c1-5-41(49)45(2)27-16-28-47(4)44(52)38-22-15-18-35(33-38)17-9-6-7-12-24-42(50)46(3)31-32-48-29-25-39(26-30-48)53-43(51)34-37-21-13-14-23-40(37)36-19-10-8-11-20-36;1-45-29-18-22-4-2-3-5-28(22)31(29)10-13-42(14-11-31)15-12-32(24-6-8-27(35)9-7-24)20-43(21-46-32)30(44)23-16-25(33(36,37)38)19-26(17-23)34(39,40)41/h8,10-11,13-15,18-23,33,39H,5-7,9,12,16-17,24-32,34H2,1-4H3;2-9,16-17,19,29H,10-15,18,20-21H2,1H3/t;29-,32-/m.0/s1. The van der Waals surface area contributed by atoms with Crippen molar-refractivity contribution < 1.29 is 68.9 Å². The van der Waals surface area contributed by atoms with E-state index < -0.39 is 46.4 Å². The molecular weight excluding hydrogens is 1280 g/mol. The number of nitrogens with zero attached hydrogens (tertiary/aromatic N) is 6. The van der Waals surface area contributed by atoms with Gasteiger partial charge in [0.05, 0.1) is 30.2 Å². The van der Waals surface area contributed by atoms with Gasteiger partial charge in [-0.25, -0.2) is 4.39 Å². The molecule has 3 aliphatic heterocycles. The Morgan fingerprint density at radius 1 is 0.636 bits per heavy atom. The van der Waals surface area contributed by atoms with Gasteiger partial charge < -0.3 is 43.6 Å². The molecule has 0 N–H and O–H groups in total. The van der Waals surface area contributed by atoms with E-state index in [1.165, 1.54) is 35.4 Å². The van der Waals surface area contributed by atoms with Crippen molar-refractivity contribution in [3.05, 3.63) is 201 Å². The van der Waals surface area contributed by atoms with Crippen molar-refractivity contribution >= 4 is 29.6 Å². The minimum atomic E-state index is -5.09. The van der Waals surface area contributed by atoms with Crippen LogP contribution in [-0.2, 0) is 71.2 Å². The number of likely N-dealkylation sites (tertiary alicyclic amines) is 2. The van der Waals surface area contributed by atoms with Gasteiger partial charge in [-0.3, -0.25) is 24.0 Å². The van der Waals surface area contributed by atoms with Crippen LogP contribution in [0.5, 0.6) is 0 Å². The first-order chi connectivity index (χ1) is 47.4. The molecule has 1 spiro atoms. The highest BCUT2D eigenvalue weighted by molar-refractivity contribution is 5.95. The molecule has 6 aromatic carbocycles. The van der Waals surface area contributed by atoms with E-state index in [0.29, 0.717) is 68.7 Å². The highest BCUT2D eigenvalue weighted by atomic mass is 19.4. The zero-order chi connectivity index (χ0) is 70.9. The Morgan fingerprint density at radius 3 is 1.96 bits per heavy atom. The Labute approximate surface area is 577 Å². The molecule has 2 atom stereocenters. The minimum Gasteiger partial charge on any atom is -0.462 e. The van der Waals surface area contributed by atoms with Gasteiger partial charge in [0.1, 0.15) is 24.3 Å². The van der Waals surface area contributed by atoms with Crippen molar-refractivity contribution in [2.24, 2.45) is 0 Å². The largest absolute Gasteiger partial charge is 0.462 e. The predicted octanol–water partition coefficient (Wildman–Crippen LogP) is 14.1. The molecule has 3 fully saturated rings. The average Bonchev–Trinajstić information content (AvgIpc) is 1.66. The molecule has 10 rings (SSSR count). The van der Waals surface area contributed by atoms with Crippen LogP contribution in [-0.4, -0.2) is 172 Å². The first-order valence-electron chi connectivity index (χ1n) is 34.6. The number of rotatable bonds is 26. The molecule has 0 aromatic heterocycles. The highest BCUT2D eigenvalue weighted by Gasteiger charge is 2.50. The molecule has 99 heavy (non-hydrogen) atoms. The third kappa shape index (κ3) is 19.9. The number of hydrogen-bond donors (Lipinski definition) is 0. The second kappa shape index (κ2) is 34.4. The number of amides is 4. The normalized spacial score (nSPS) is 17.9. The number of ether oxygens (including phenoxy) is 3. The van der Waals surface area contributed by atoms with Crippen LogP contribution in [0.2, 0.25) is 0 Å². The van der Waals surface area contributed by atoms with Crippen LogP contribution in [0.3, 0.4) is 0 Å². The first kappa shape index (κ1) is 75.2. The van der Waals surface area contributed by atoms with Crippen molar-refractivity contribution in [2.45, 2.75) is 139 Å². The van der Waals surface area contributed by atoms with E-state index in [1.54, 1.807) is 24.0 Å². The molecule has 532 valence electrons. The van der Waals surface area contributed by atoms with Gasteiger partial charge in [-0.1, -0.05) is 123 Å². The van der Waals surface area contributed by atoms with Crippen molar-refractivity contribution in [1.29, 1.82) is 0 Å². The van der Waals surface area contributed by atoms with Crippen LogP contribution in [0.25, 0.3) is 11.1 Å². The third-order valence-corrected chi connectivity index (χ3v) is 20.2. The highest BCUT2D eigenvalue weighted by Crippen LogP contribution is 2.48. The Morgan fingerprint density at radius 2 is 1.27 bits per heavy atom. The quantitative estimate of drug-likeness (QED) is 0.0294. The Hall–Kier alpha value is -7.98. The lowest BCUT2D eigenvalue weighted by molar-refractivity contribution is -0.150. The number of likely N-dealkylation sites (N-methyl/N-ethyl adjacent to an activating group) is 1. The number of methoxy groups -OCH3 is 1. The molecule has 3 heterocycles. The Kier molecular flexibility index (Phi) is 26.1. The van der Waals surface area contributed by atoms with E-state index >= 15 is 0 Å². The van der Waals surface area contributed by atoms with Gasteiger partial charge in [0.2, 0.25) is 11.8 Å². The summed E-state index contributed by atoms with van der Waals surface area (Å²) in [6, 6.07) is 40.8. The lowest BCUT2D eigenvalue weighted by atomic mass is 9.72. The molecule has 14 nitrogen and oxygen atoms in total. The van der Waals surface area contributed by atoms with E-state index in [-0.39, 0.29) is 67.1 Å². The summed E-state index contributed by atoms with van der Waals surface area (Å²) in [7, 11) is 7.25. The molecule has 1 aliphatic carbocycles. The van der Waals surface area contributed by atoms with E-state index in [1.807, 2.05) is 92.6 Å². The Bertz CT molecular complexity index is 3640. The molecule has 0 bridgehead atoms. The molecule has 4 amide bonds. The minimum absolute atomic E-state index is 0.00133. The van der Waals surface area contributed by atoms with E-state index in [0.717, 1.165) is 131 Å². The zero-order valence-electron chi connectivity index (χ0n) is 57.5. The van der Waals surface area contributed by atoms with Gasteiger partial charge in [0.15, 0.2) is 0 Å². The third-order valence-electron chi connectivity index (χ3n) is 20.2. The average molecular weight is 1380 g/mol. The number of carbonyl (C=O) groups excluding carboxylic acids is 5. The van der Waals surface area contributed by atoms with Gasteiger partial charge in [-0.2, -0.15) is 26.3 Å². The van der Waals surface area contributed by atoms with Crippen LogP contribution in [0, 0.1) is 5.82 Å². The van der Waals surface area contributed by atoms with Crippen molar-refractivity contribution in [3.8, 4) is 11.1 Å². The fraction of sp³-hybridized carbons (Fsp3) is 0.474. The van der Waals surface area contributed by atoms with Crippen LogP contribution in [0.4, 0.5) is 30.7 Å². The smallest absolute Gasteiger partial charge is 0.416 e. The lowest BCUT2D eigenvalue weighted by Crippen LogP contribution is -2.49. The molecule has 6 aromatic rings. The summed E-state index contributed by atoms with van der Waals surface area (Å²) < 4.78 is 113. The van der Waals surface area contributed by atoms with Crippen molar-refractivity contribution in [3.63, 3.8) is 0 Å². The number of aryl methyl sites for hydroxylation is 1. The SMILES string of the molecule is CCC(=O)N(C)CCCN(C)C(=O)c1cccc(CCCCCCC(=O)N(C)CCN2CCC(OC(=O)Cc3ccccc3-c3ccccc3)CC2)c1.CO[C@H]1Cc2ccccc2C12CCN(CC[C@@]1(c3ccc(F)cc3)CN(C(=O)c3cc(C(F)(F)F)cc(C(F)(F)F)c3)CO1)CC2. The number of carbonyl (C=O) groups is 5. The maximum Gasteiger partial charge on any atom is 0.416 e. The number of esters is 1. The number of hydrogen-bond acceptors (Lipinski definition) is 10. The number of alkyl halides is 6. The lowest BCUT2D eigenvalue weighted by Gasteiger charge is -2.44. The predicted molar refractivity (Wildman–Crippen MR) is 366 cm³/mol. The summed E-state index contributed by atoms with van der Waals surface area (Å²) in [5.41, 5.74) is 3.03. The zero-order valence-corrected chi connectivity index (χ0v) is 57.5. The second-order valence-electron chi connectivity index (χ2n) is 26.8. The summed E-state index contributed by atoms with van der Waals surface area (Å²) >= 11 is 0. The molecule has 4 aliphatic rings. The van der Waals surface area contributed by atoms with E-state index in [4.69, 9.17) is 14.2 Å². The Balaban J connectivity index is 0.000000233. The van der Waals surface area contributed by atoms with Gasteiger partial charge in [-0.15, -0.1) is 0 Å². The molecular formula is C78H93F7N6O8. The monoisotopic (exact) mass is 1370 g/mol. The number of fused-ring (bicyclic) bond motifs is 2. The summed E-state index contributed by atoms with van der Waals surface area (Å²) in [5.74, 6) is -1.39. The summed E-state index contributed by atoms with van der Waals surface area (Å²) in [4.78, 5) is 74.8. The summed E-state index contributed by atoms with van der Waals surface area (Å²) in [6.45, 7) is 7.90. The fourth-order valence-corrected chi connectivity index (χ4v) is 14.3. The topological polar surface area (TPSA) is 132 Å². The van der Waals surface area contributed by atoms with Crippen LogP contribution in [0.15, 0.2) is 146 Å². The molecule has 0 radical (unpaired) electrons. The second-order valence-corrected chi connectivity index (χ2v) is 26.8. The molecule has 21 heteroatoms. The maximum absolute atomic E-state index is 13.9. The van der Waals surface area contributed by atoms with Crippen LogP contribution < -0.4 is 0 Å². The van der Waals surface area contributed by atoms with Gasteiger partial charge in [0, 0.05) is 103 Å². The van der Waals surface area contributed by atoms with E-state index in [2.05, 4.69) is 46.2 Å². The summed E-state index contributed by atoms with van der Waals surface area (Å²) in [5, 5.41) is 0. The van der Waals surface area contributed by atoms with Gasteiger partial charge in [0.25, 0.3) is 11.8 Å². The number of piperidine rings is 2. The van der Waals surface area contributed by atoms with Crippen molar-refractivity contribution in [2.75, 3.05) is 100 Å². The van der Waals surface area contributed by atoms with Crippen molar-refractivity contribution in [1.82, 2.24) is 29.4 Å². The van der Waals surface area contributed by atoms with E-state index in [9.17, 15) is 54.7 Å². The summed E-state index contributed by atoms with van der Waals surface area (Å²) in [6.07, 6.45) is 1.28. The van der Waals surface area contributed by atoms with Crippen LogP contribution in [0.1, 0.15) is 144 Å². The fourth-order valence-electron chi connectivity index (χ4n) is 14.3. The number of halogens is 7. The number of unbranched alkanes of at least 4 members (excludes halogenated alkanes) is 3. The van der Waals surface area contributed by atoms with Crippen LogP contribution >= 0.6 is 0 Å². The molecule has 0 saturated carbocycles. The first-order valence-corrected chi connectivity index (χ1v) is 34.6. The van der Waals surface area contributed by atoms with Gasteiger partial charge >= 0.3 is 18.3 Å². The molecule has 3 saturated heterocycles. The molecule has 0 unspecified atom stereocenters. The van der Waals surface area contributed by atoms with Gasteiger partial charge in [-0.05, 0) is 159 Å². The number of benzene rings is 6. The maximum atomic E-state index is 13.9.